The molecule has 0 saturated carbocycles. The van der Waals surface area contributed by atoms with Crippen LogP contribution in [-0.4, -0.2) is 11.8 Å². The predicted molar refractivity (Wildman–Crippen MR) is 116 cm³/mol. The van der Waals surface area contributed by atoms with Gasteiger partial charge in [-0.15, -0.1) is 0 Å². The molecule has 2 N–H and O–H groups in total. The average Bonchev–Trinajstić information content (AvgIpc) is 3.39. The molecule has 0 radical (unpaired) electrons. The van der Waals surface area contributed by atoms with E-state index in [2.05, 4.69) is 10.6 Å². The largest absolute Gasteiger partial charge is 0.469 e. The van der Waals surface area contributed by atoms with Crippen LogP contribution < -0.4 is 15.4 Å². The second-order valence-corrected chi connectivity index (χ2v) is 6.84. The molecule has 2 heterocycles. The fourth-order valence-electron chi connectivity index (χ4n) is 2.99. The number of amides is 2. The molecule has 2 amide bonds. The molecule has 7 nitrogen and oxygen atoms in total. The maximum Gasteiger partial charge on any atom is 0.259 e. The molecule has 0 bridgehead atoms. The van der Waals surface area contributed by atoms with Gasteiger partial charge in [-0.25, -0.2) is 0 Å². The number of aryl methyl sites for hydroxylation is 2. The Morgan fingerprint density at radius 2 is 1.03 bits per heavy atom. The molecule has 0 fully saturated rings. The summed E-state index contributed by atoms with van der Waals surface area (Å²) in [5.74, 6) is 1.90. The zero-order chi connectivity index (χ0) is 21.8. The monoisotopic (exact) mass is 416 g/mol. The summed E-state index contributed by atoms with van der Waals surface area (Å²) in [5.41, 5.74) is 2.28. The zero-order valence-corrected chi connectivity index (χ0v) is 17.0. The van der Waals surface area contributed by atoms with Crippen LogP contribution in [0.1, 0.15) is 32.2 Å². The highest BCUT2D eigenvalue weighted by molar-refractivity contribution is 6.05. The Kier molecular flexibility index (Phi) is 5.57. The first-order valence-corrected chi connectivity index (χ1v) is 9.58. The summed E-state index contributed by atoms with van der Waals surface area (Å²) in [7, 11) is 0. The highest BCUT2D eigenvalue weighted by Gasteiger charge is 2.12. The van der Waals surface area contributed by atoms with Crippen molar-refractivity contribution in [1.82, 2.24) is 0 Å². The molecule has 0 unspecified atom stereocenters. The molecule has 4 rings (SSSR count). The van der Waals surface area contributed by atoms with Crippen LogP contribution in [0, 0.1) is 13.8 Å². The lowest BCUT2D eigenvalue weighted by Crippen LogP contribution is -2.12. The Hall–Kier alpha value is -4.26. The molecule has 2 aromatic heterocycles. The molecule has 7 heteroatoms. The van der Waals surface area contributed by atoms with Gasteiger partial charge in [0.25, 0.3) is 11.8 Å². The molecule has 0 aliphatic heterocycles. The summed E-state index contributed by atoms with van der Waals surface area (Å²) >= 11 is 0. The molecule has 0 aliphatic rings. The normalized spacial score (nSPS) is 10.5. The molecule has 0 spiro atoms. The summed E-state index contributed by atoms with van der Waals surface area (Å²) in [6.07, 6.45) is 2.97. The third-order valence-electron chi connectivity index (χ3n) is 4.67. The van der Waals surface area contributed by atoms with E-state index < -0.39 is 0 Å². The highest BCUT2D eigenvalue weighted by atomic mass is 16.5. The number of carbonyl (C=O) groups excluding carboxylic acids is 2. The lowest BCUT2D eigenvalue weighted by Gasteiger charge is -2.09. The fourth-order valence-corrected chi connectivity index (χ4v) is 2.99. The smallest absolute Gasteiger partial charge is 0.259 e. The van der Waals surface area contributed by atoms with Crippen molar-refractivity contribution in [3.8, 4) is 11.5 Å². The minimum Gasteiger partial charge on any atom is -0.469 e. The average molecular weight is 416 g/mol. The lowest BCUT2D eigenvalue weighted by molar-refractivity contribution is 0.101. The topological polar surface area (TPSA) is 93.7 Å². The summed E-state index contributed by atoms with van der Waals surface area (Å²) in [4.78, 5) is 24.5. The third-order valence-corrected chi connectivity index (χ3v) is 4.67. The molecule has 4 aromatic rings. The van der Waals surface area contributed by atoms with Crippen LogP contribution in [0.15, 0.2) is 82.0 Å². The van der Waals surface area contributed by atoms with Crippen LogP contribution in [0.4, 0.5) is 11.4 Å². The van der Waals surface area contributed by atoms with Gasteiger partial charge < -0.3 is 24.2 Å². The van der Waals surface area contributed by atoms with Crippen molar-refractivity contribution in [1.29, 1.82) is 0 Å². The first-order valence-electron chi connectivity index (χ1n) is 9.58. The fraction of sp³-hybridized carbons (Fsp3) is 0.0833. The van der Waals surface area contributed by atoms with Crippen LogP contribution in [0.2, 0.25) is 0 Å². The van der Waals surface area contributed by atoms with E-state index in [-0.39, 0.29) is 11.8 Å². The summed E-state index contributed by atoms with van der Waals surface area (Å²) in [6, 6.07) is 17.3. The Morgan fingerprint density at radius 1 is 0.645 bits per heavy atom. The summed E-state index contributed by atoms with van der Waals surface area (Å²) in [6.45, 7) is 3.47. The van der Waals surface area contributed by atoms with Crippen LogP contribution >= 0.6 is 0 Å². The van der Waals surface area contributed by atoms with Crippen LogP contribution in [-0.2, 0) is 0 Å². The van der Waals surface area contributed by atoms with Gasteiger partial charge in [0, 0.05) is 11.4 Å². The van der Waals surface area contributed by atoms with Crippen molar-refractivity contribution < 1.29 is 23.2 Å². The minimum atomic E-state index is -0.233. The quantitative estimate of drug-likeness (QED) is 0.415. The van der Waals surface area contributed by atoms with Gasteiger partial charge in [-0.05, 0) is 74.5 Å². The summed E-state index contributed by atoms with van der Waals surface area (Å²) in [5, 5.41) is 5.63. The van der Waals surface area contributed by atoms with Crippen LogP contribution in [0.3, 0.4) is 0 Å². The zero-order valence-electron chi connectivity index (χ0n) is 17.0. The first kappa shape index (κ1) is 20.0. The Labute approximate surface area is 178 Å². The van der Waals surface area contributed by atoms with E-state index in [1.165, 1.54) is 12.5 Å². The van der Waals surface area contributed by atoms with Crippen molar-refractivity contribution in [3.05, 3.63) is 95.8 Å². The van der Waals surface area contributed by atoms with Gasteiger partial charge in [0.15, 0.2) is 0 Å². The maximum absolute atomic E-state index is 12.2. The number of hydrogen-bond donors (Lipinski definition) is 2. The van der Waals surface area contributed by atoms with Gasteiger partial charge in [0.1, 0.15) is 23.0 Å². The first-order chi connectivity index (χ1) is 15.0. The van der Waals surface area contributed by atoms with E-state index in [0.717, 1.165) is 0 Å². The minimum absolute atomic E-state index is 0.233. The Bertz CT molecular complexity index is 1110. The molecule has 0 saturated heterocycles. The third kappa shape index (κ3) is 4.67. The maximum atomic E-state index is 12.2. The number of rotatable bonds is 6. The van der Waals surface area contributed by atoms with Gasteiger partial charge in [0.2, 0.25) is 0 Å². The van der Waals surface area contributed by atoms with E-state index in [4.69, 9.17) is 13.6 Å². The number of benzene rings is 2. The van der Waals surface area contributed by atoms with Crippen molar-refractivity contribution >= 4 is 23.2 Å². The predicted octanol–water partition coefficient (Wildman–Crippen LogP) is 5.79. The van der Waals surface area contributed by atoms with Crippen molar-refractivity contribution in [2.75, 3.05) is 10.6 Å². The number of nitrogens with one attached hydrogen (secondary N) is 2. The van der Waals surface area contributed by atoms with Crippen LogP contribution in [0.25, 0.3) is 0 Å². The van der Waals surface area contributed by atoms with Gasteiger partial charge in [-0.3, -0.25) is 9.59 Å². The van der Waals surface area contributed by atoms with E-state index in [1.807, 2.05) is 0 Å². The van der Waals surface area contributed by atoms with E-state index in [1.54, 1.807) is 74.5 Å². The van der Waals surface area contributed by atoms with Gasteiger partial charge in [-0.1, -0.05) is 0 Å². The SMILES string of the molecule is Cc1occc1C(=O)Nc1ccc(Oc2ccc(NC(=O)c3ccoc3C)cc2)cc1. The molecule has 0 aliphatic carbocycles. The van der Waals surface area contributed by atoms with Gasteiger partial charge >= 0.3 is 0 Å². The van der Waals surface area contributed by atoms with Crippen molar-refractivity contribution in [2.24, 2.45) is 0 Å². The van der Waals surface area contributed by atoms with Crippen molar-refractivity contribution in [2.45, 2.75) is 13.8 Å². The van der Waals surface area contributed by atoms with Crippen molar-refractivity contribution in [3.63, 3.8) is 0 Å². The number of carbonyl (C=O) groups is 2. The second-order valence-electron chi connectivity index (χ2n) is 6.84. The molecule has 156 valence electrons. The lowest BCUT2D eigenvalue weighted by atomic mass is 10.2. The molecular weight excluding hydrogens is 396 g/mol. The Balaban J connectivity index is 1.35. The van der Waals surface area contributed by atoms with E-state index in [9.17, 15) is 9.59 Å². The van der Waals surface area contributed by atoms with E-state index in [0.29, 0.717) is 45.5 Å². The standard InChI is InChI=1S/C24H20N2O5/c1-15-21(11-13-29-15)23(27)25-17-3-7-19(8-4-17)31-20-9-5-18(6-10-20)26-24(28)22-12-14-30-16(22)2/h3-14H,1-2H3,(H,25,27)(H,26,28). The number of ether oxygens (including phenoxy) is 1. The number of furan rings is 2. The van der Waals surface area contributed by atoms with Gasteiger partial charge in [-0.2, -0.15) is 0 Å². The van der Waals surface area contributed by atoms with Crippen LogP contribution in [0.5, 0.6) is 11.5 Å². The molecular formula is C24H20N2O5. The highest BCUT2D eigenvalue weighted by Crippen LogP contribution is 2.25. The molecule has 0 atom stereocenters. The molecule has 2 aromatic carbocycles. The second kappa shape index (κ2) is 8.62. The summed E-state index contributed by atoms with van der Waals surface area (Å²) < 4.78 is 16.1. The Morgan fingerprint density at radius 3 is 1.35 bits per heavy atom. The van der Waals surface area contributed by atoms with Gasteiger partial charge in [0.05, 0.1) is 23.7 Å². The van der Waals surface area contributed by atoms with E-state index >= 15 is 0 Å². The number of hydrogen-bond acceptors (Lipinski definition) is 5. The number of anilines is 2. The molecule has 31 heavy (non-hydrogen) atoms.